The first-order valence-corrected chi connectivity index (χ1v) is 8.26. The molecule has 0 aromatic heterocycles. The third-order valence-corrected chi connectivity index (χ3v) is 3.97. The predicted molar refractivity (Wildman–Crippen MR) is 96.2 cm³/mol. The van der Waals surface area contributed by atoms with Crippen molar-refractivity contribution < 1.29 is 28.6 Å². The molecule has 0 saturated carbocycles. The second-order valence-electron chi connectivity index (χ2n) is 6.13. The maximum Gasteiger partial charge on any atom is 0.330 e. The second-order valence-corrected chi connectivity index (χ2v) is 6.13. The summed E-state index contributed by atoms with van der Waals surface area (Å²) < 4.78 is 18.9. The summed E-state index contributed by atoms with van der Waals surface area (Å²) in [6.45, 7) is 4.38. The van der Waals surface area contributed by atoms with E-state index in [9.17, 15) is 23.9 Å². The van der Waals surface area contributed by atoms with E-state index in [1.165, 1.54) is 39.0 Å². The average Bonchev–Trinajstić information content (AvgIpc) is 2.61. The third-order valence-electron chi connectivity index (χ3n) is 3.97. The van der Waals surface area contributed by atoms with Crippen molar-refractivity contribution in [1.29, 1.82) is 0 Å². The molecule has 2 N–H and O–H groups in total. The van der Waals surface area contributed by atoms with E-state index in [-0.39, 0.29) is 16.9 Å². The van der Waals surface area contributed by atoms with Gasteiger partial charge in [-0.1, -0.05) is 24.3 Å². The van der Waals surface area contributed by atoms with Crippen LogP contribution < -0.4 is 10.1 Å². The van der Waals surface area contributed by atoms with Crippen LogP contribution >= 0.6 is 0 Å². The summed E-state index contributed by atoms with van der Waals surface area (Å²) in [5.41, 5.74) is 0.962. The number of hydrogen-bond donors (Lipinski definition) is 2. The number of aryl methyl sites for hydroxylation is 1. The van der Waals surface area contributed by atoms with E-state index >= 15 is 0 Å². The van der Waals surface area contributed by atoms with Gasteiger partial charge in [0, 0.05) is 5.56 Å². The van der Waals surface area contributed by atoms with Crippen molar-refractivity contribution >= 4 is 17.7 Å². The number of aliphatic carboxylic acids is 1. The van der Waals surface area contributed by atoms with E-state index < -0.39 is 29.8 Å². The molecule has 2 atom stereocenters. The molecular formula is C20H20FNO5. The fraction of sp³-hybridized carbons (Fsp3) is 0.250. The highest BCUT2D eigenvalue weighted by atomic mass is 19.1. The number of carbonyl (C=O) groups excluding carboxylic acids is 2. The number of carbonyl (C=O) groups is 3. The number of ketones is 1. The van der Waals surface area contributed by atoms with Gasteiger partial charge in [-0.2, -0.15) is 0 Å². The maximum atomic E-state index is 13.4. The van der Waals surface area contributed by atoms with Crippen LogP contribution in [-0.4, -0.2) is 28.9 Å². The lowest BCUT2D eigenvalue weighted by atomic mass is 10.0. The van der Waals surface area contributed by atoms with Crippen LogP contribution in [0.15, 0.2) is 42.5 Å². The van der Waals surface area contributed by atoms with Crippen LogP contribution in [0.2, 0.25) is 0 Å². The Labute approximate surface area is 156 Å². The van der Waals surface area contributed by atoms with Gasteiger partial charge in [0.25, 0.3) is 5.91 Å². The zero-order valence-electron chi connectivity index (χ0n) is 15.2. The second kappa shape index (κ2) is 8.44. The van der Waals surface area contributed by atoms with Gasteiger partial charge in [-0.3, -0.25) is 9.59 Å². The SMILES string of the molecule is CC(=O)c1cccc(OC(C)C(=O)NC(C(=O)O)c2ccc(F)c(C)c2)c1. The Bertz CT molecular complexity index is 880. The first-order valence-electron chi connectivity index (χ1n) is 8.26. The van der Waals surface area contributed by atoms with Crippen LogP contribution in [0.4, 0.5) is 4.39 Å². The maximum absolute atomic E-state index is 13.4. The van der Waals surface area contributed by atoms with Crippen molar-refractivity contribution in [2.45, 2.75) is 32.9 Å². The normalized spacial score (nSPS) is 12.7. The quantitative estimate of drug-likeness (QED) is 0.728. The lowest BCUT2D eigenvalue weighted by molar-refractivity contribution is -0.143. The number of carboxylic acid groups (broad SMARTS) is 1. The van der Waals surface area contributed by atoms with Gasteiger partial charge >= 0.3 is 5.97 Å². The van der Waals surface area contributed by atoms with Crippen LogP contribution in [0, 0.1) is 12.7 Å². The first kappa shape index (κ1) is 20.1. The monoisotopic (exact) mass is 373 g/mol. The number of carboxylic acids is 1. The molecule has 6 nitrogen and oxygen atoms in total. The van der Waals surface area contributed by atoms with Crippen LogP contribution in [0.3, 0.4) is 0 Å². The Kier molecular flexibility index (Phi) is 6.28. The molecule has 0 spiro atoms. The zero-order valence-corrected chi connectivity index (χ0v) is 15.2. The number of hydrogen-bond acceptors (Lipinski definition) is 4. The molecule has 0 aliphatic heterocycles. The molecule has 0 radical (unpaired) electrons. The predicted octanol–water partition coefficient (Wildman–Crippen LogP) is 3.05. The number of amides is 1. The summed E-state index contributed by atoms with van der Waals surface area (Å²) in [4.78, 5) is 35.3. The van der Waals surface area contributed by atoms with Crippen molar-refractivity contribution in [3.05, 3.63) is 65.0 Å². The molecule has 0 saturated heterocycles. The van der Waals surface area contributed by atoms with Crippen LogP contribution in [0.1, 0.15) is 41.4 Å². The van der Waals surface area contributed by atoms with Crippen LogP contribution in [0.5, 0.6) is 5.75 Å². The third kappa shape index (κ3) is 5.13. The van der Waals surface area contributed by atoms with Gasteiger partial charge in [-0.25, -0.2) is 9.18 Å². The molecule has 2 aromatic carbocycles. The summed E-state index contributed by atoms with van der Waals surface area (Å²) in [6, 6.07) is 8.83. The smallest absolute Gasteiger partial charge is 0.330 e. The van der Waals surface area contributed by atoms with Crippen molar-refractivity contribution in [2.75, 3.05) is 0 Å². The van der Waals surface area contributed by atoms with Gasteiger partial charge in [0.2, 0.25) is 0 Å². The molecule has 0 bridgehead atoms. The molecule has 7 heteroatoms. The van der Waals surface area contributed by atoms with Crippen LogP contribution in [0.25, 0.3) is 0 Å². The lowest BCUT2D eigenvalue weighted by Crippen LogP contribution is -2.41. The summed E-state index contributed by atoms with van der Waals surface area (Å²) in [5.74, 6) is -2.22. The number of Topliss-reactive ketones (excluding diaryl/α,β-unsaturated/α-hetero) is 1. The van der Waals surface area contributed by atoms with Gasteiger partial charge in [0.15, 0.2) is 17.9 Å². The summed E-state index contributed by atoms with van der Waals surface area (Å²) in [5, 5.41) is 11.8. The zero-order chi connectivity index (χ0) is 20.1. The molecule has 0 aliphatic rings. The molecule has 0 aliphatic carbocycles. The highest BCUT2D eigenvalue weighted by Gasteiger charge is 2.26. The Morgan fingerprint density at radius 1 is 1.15 bits per heavy atom. The van der Waals surface area contributed by atoms with E-state index in [1.807, 2.05) is 0 Å². The largest absolute Gasteiger partial charge is 0.481 e. The fourth-order valence-corrected chi connectivity index (χ4v) is 2.44. The van der Waals surface area contributed by atoms with Crippen molar-refractivity contribution in [3.8, 4) is 5.75 Å². The molecule has 2 aromatic rings. The Balaban J connectivity index is 2.12. The van der Waals surface area contributed by atoms with E-state index in [2.05, 4.69) is 5.32 Å². The van der Waals surface area contributed by atoms with E-state index in [1.54, 1.807) is 18.2 Å². The first-order chi connectivity index (χ1) is 12.7. The number of rotatable bonds is 7. The lowest BCUT2D eigenvalue weighted by Gasteiger charge is -2.19. The number of ether oxygens (including phenoxy) is 1. The minimum absolute atomic E-state index is 0.143. The Hall–Kier alpha value is -3.22. The highest BCUT2D eigenvalue weighted by Crippen LogP contribution is 2.19. The van der Waals surface area contributed by atoms with E-state index in [0.29, 0.717) is 11.3 Å². The molecular weight excluding hydrogens is 353 g/mol. The minimum atomic E-state index is -1.34. The highest BCUT2D eigenvalue weighted by molar-refractivity contribution is 5.94. The Morgan fingerprint density at radius 2 is 1.85 bits per heavy atom. The van der Waals surface area contributed by atoms with Crippen LogP contribution in [-0.2, 0) is 9.59 Å². The van der Waals surface area contributed by atoms with E-state index in [4.69, 9.17) is 4.74 Å². The van der Waals surface area contributed by atoms with E-state index in [0.717, 1.165) is 6.07 Å². The fourth-order valence-electron chi connectivity index (χ4n) is 2.44. The summed E-state index contributed by atoms with van der Waals surface area (Å²) in [7, 11) is 0. The minimum Gasteiger partial charge on any atom is -0.481 e. The standard InChI is InChI=1S/C20H20FNO5/c1-11-9-15(7-8-17(11)21)18(20(25)26)22-19(24)13(3)27-16-6-4-5-14(10-16)12(2)23/h4-10,13,18H,1-3H3,(H,22,24)(H,25,26). The molecule has 142 valence electrons. The molecule has 1 amide bonds. The topological polar surface area (TPSA) is 92.7 Å². The molecule has 2 unspecified atom stereocenters. The summed E-state index contributed by atoms with van der Waals surface area (Å²) >= 11 is 0. The van der Waals surface area contributed by atoms with Gasteiger partial charge < -0.3 is 15.2 Å². The molecule has 0 fully saturated rings. The molecule has 2 rings (SSSR count). The van der Waals surface area contributed by atoms with Gasteiger partial charge in [-0.05, 0) is 50.1 Å². The number of halogens is 1. The molecule has 0 heterocycles. The van der Waals surface area contributed by atoms with Gasteiger partial charge in [0.1, 0.15) is 11.6 Å². The van der Waals surface area contributed by atoms with Crippen molar-refractivity contribution in [2.24, 2.45) is 0 Å². The molecule has 27 heavy (non-hydrogen) atoms. The number of nitrogens with one attached hydrogen (secondary N) is 1. The number of benzene rings is 2. The van der Waals surface area contributed by atoms with Gasteiger partial charge in [0.05, 0.1) is 0 Å². The van der Waals surface area contributed by atoms with Crippen molar-refractivity contribution in [1.82, 2.24) is 5.32 Å². The van der Waals surface area contributed by atoms with Crippen molar-refractivity contribution in [3.63, 3.8) is 0 Å². The Morgan fingerprint density at radius 3 is 2.44 bits per heavy atom. The summed E-state index contributed by atoms with van der Waals surface area (Å²) in [6.07, 6.45) is -1.00. The van der Waals surface area contributed by atoms with Gasteiger partial charge in [-0.15, -0.1) is 0 Å². The average molecular weight is 373 g/mol.